The third kappa shape index (κ3) is 2.59. The van der Waals surface area contributed by atoms with Crippen molar-refractivity contribution in [2.24, 2.45) is 0 Å². The first-order chi connectivity index (χ1) is 8.74. The molecule has 0 unspecified atom stereocenters. The van der Waals surface area contributed by atoms with Gasteiger partial charge in [-0.05, 0) is 23.9 Å². The molecule has 0 aliphatic carbocycles. The molecule has 1 heterocycles. The van der Waals surface area contributed by atoms with E-state index >= 15 is 0 Å². The SMILES string of the molecule is CCCNC(=O)Cn1ccc2ccc(C=O)cc21. The molecule has 1 amide bonds. The summed E-state index contributed by atoms with van der Waals surface area (Å²) >= 11 is 0. The van der Waals surface area contributed by atoms with Crippen LogP contribution in [-0.4, -0.2) is 23.3 Å². The highest BCUT2D eigenvalue weighted by molar-refractivity contribution is 5.88. The lowest BCUT2D eigenvalue weighted by molar-refractivity contribution is -0.121. The Morgan fingerprint density at radius 1 is 1.39 bits per heavy atom. The topological polar surface area (TPSA) is 51.1 Å². The van der Waals surface area contributed by atoms with Gasteiger partial charge in [0.2, 0.25) is 5.91 Å². The molecule has 18 heavy (non-hydrogen) atoms. The molecule has 0 atom stereocenters. The van der Waals surface area contributed by atoms with Crippen molar-refractivity contribution in [3.05, 3.63) is 36.0 Å². The van der Waals surface area contributed by atoms with E-state index in [1.807, 2.05) is 29.8 Å². The number of benzene rings is 1. The highest BCUT2D eigenvalue weighted by Gasteiger charge is 2.06. The summed E-state index contributed by atoms with van der Waals surface area (Å²) < 4.78 is 1.85. The van der Waals surface area contributed by atoms with Gasteiger partial charge in [-0.1, -0.05) is 19.1 Å². The minimum atomic E-state index is -0.00847. The van der Waals surface area contributed by atoms with E-state index in [1.165, 1.54) is 0 Å². The van der Waals surface area contributed by atoms with Gasteiger partial charge in [-0.15, -0.1) is 0 Å². The number of carbonyl (C=O) groups excluding carboxylic acids is 2. The zero-order chi connectivity index (χ0) is 13.0. The van der Waals surface area contributed by atoms with Crippen molar-refractivity contribution in [3.8, 4) is 0 Å². The van der Waals surface area contributed by atoms with Crippen LogP contribution >= 0.6 is 0 Å². The second-order valence-electron chi connectivity index (χ2n) is 4.23. The predicted molar refractivity (Wildman–Crippen MR) is 70.6 cm³/mol. The van der Waals surface area contributed by atoms with Gasteiger partial charge >= 0.3 is 0 Å². The Balaban J connectivity index is 2.22. The Hall–Kier alpha value is -2.10. The van der Waals surface area contributed by atoms with Crippen molar-refractivity contribution < 1.29 is 9.59 Å². The lowest BCUT2D eigenvalue weighted by Gasteiger charge is -2.06. The first-order valence-electron chi connectivity index (χ1n) is 6.05. The third-order valence-electron chi connectivity index (χ3n) is 2.82. The number of hydrogen-bond donors (Lipinski definition) is 1. The van der Waals surface area contributed by atoms with E-state index < -0.39 is 0 Å². The molecular formula is C14H16N2O2. The van der Waals surface area contributed by atoms with Gasteiger partial charge in [-0.3, -0.25) is 9.59 Å². The minimum absolute atomic E-state index is 0.00847. The Labute approximate surface area is 106 Å². The fourth-order valence-corrected chi connectivity index (χ4v) is 1.89. The third-order valence-corrected chi connectivity index (χ3v) is 2.82. The van der Waals surface area contributed by atoms with Crippen molar-refractivity contribution in [2.75, 3.05) is 6.54 Å². The summed E-state index contributed by atoms with van der Waals surface area (Å²) in [5.41, 5.74) is 1.53. The van der Waals surface area contributed by atoms with E-state index in [0.29, 0.717) is 12.1 Å². The zero-order valence-electron chi connectivity index (χ0n) is 10.3. The van der Waals surface area contributed by atoms with E-state index in [-0.39, 0.29) is 12.5 Å². The number of carbonyl (C=O) groups is 2. The van der Waals surface area contributed by atoms with Gasteiger partial charge in [0.05, 0.1) is 0 Å². The lowest BCUT2D eigenvalue weighted by atomic mass is 10.2. The molecule has 0 fully saturated rings. The second kappa shape index (κ2) is 5.49. The largest absolute Gasteiger partial charge is 0.355 e. The Morgan fingerprint density at radius 3 is 2.94 bits per heavy atom. The number of nitrogens with one attached hydrogen (secondary N) is 1. The monoisotopic (exact) mass is 244 g/mol. The Morgan fingerprint density at radius 2 is 2.22 bits per heavy atom. The highest BCUT2D eigenvalue weighted by Crippen LogP contribution is 2.16. The van der Waals surface area contributed by atoms with Gasteiger partial charge in [0.15, 0.2) is 0 Å². The molecule has 1 aromatic carbocycles. The maximum atomic E-state index is 11.7. The molecule has 0 saturated heterocycles. The van der Waals surface area contributed by atoms with Crippen molar-refractivity contribution in [2.45, 2.75) is 19.9 Å². The van der Waals surface area contributed by atoms with Crippen molar-refractivity contribution in [3.63, 3.8) is 0 Å². The molecule has 2 aromatic rings. The molecular weight excluding hydrogens is 228 g/mol. The summed E-state index contributed by atoms with van der Waals surface area (Å²) in [5, 5.41) is 3.87. The molecule has 1 aromatic heterocycles. The van der Waals surface area contributed by atoms with Gasteiger partial charge in [0, 0.05) is 23.8 Å². The second-order valence-corrected chi connectivity index (χ2v) is 4.23. The van der Waals surface area contributed by atoms with Crippen molar-refractivity contribution in [1.29, 1.82) is 0 Å². The summed E-state index contributed by atoms with van der Waals surface area (Å²) in [7, 11) is 0. The highest BCUT2D eigenvalue weighted by atomic mass is 16.1. The minimum Gasteiger partial charge on any atom is -0.355 e. The van der Waals surface area contributed by atoms with E-state index in [9.17, 15) is 9.59 Å². The van der Waals surface area contributed by atoms with Crippen LogP contribution in [0.2, 0.25) is 0 Å². The molecule has 0 radical (unpaired) electrons. The van der Waals surface area contributed by atoms with Crippen LogP contribution in [0.3, 0.4) is 0 Å². The lowest BCUT2D eigenvalue weighted by Crippen LogP contribution is -2.27. The number of hydrogen-bond acceptors (Lipinski definition) is 2. The predicted octanol–water partition coefficient (Wildman–Crippen LogP) is 1.98. The quantitative estimate of drug-likeness (QED) is 0.818. The Bertz CT molecular complexity index is 572. The van der Waals surface area contributed by atoms with Crippen LogP contribution in [-0.2, 0) is 11.3 Å². The molecule has 4 nitrogen and oxygen atoms in total. The number of fused-ring (bicyclic) bond motifs is 1. The first kappa shape index (κ1) is 12.4. The van der Waals surface area contributed by atoms with Crippen molar-refractivity contribution in [1.82, 2.24) is 9.88 Å². The fraction of sp³-hybridized carbons (Fsp3) is 0.286. The Kier molecular flexibility index (Phi) is 3.77. The fourth-order valence-electron chi connectivity index (χ4n) is 1.89. The van der Waals surface area contributed by atoms with Crippen LogP contribution < -0.4 is 5.32 Å². The van der Waals surface area contributed by atoms with Crippen LogP contribution in [0.5, 0.6) is 0 Å². The maximum absolute atomic E-state index is 11.7. The molecule has 94 valence electrons. The number of aldehydes is 1. The molecule has 0 saturated carbocycles. The first-order valence-corrected chi connectivity index (χ1v) is 6.05. The van der Waals surface area contributed by atoms with Gasteiger partial charge in [0.1, 0.15) is 12.8 Å². The zero-order valence-corrected chi connectivity index (χ0v) is 10.3. The van der Waals surface area contributed by atoms with E-state index in [0.717, 1.165) is 23.6 Å². The van der Waals surface area contributed by atoms with Crippen LogP contribution in [0.4, 0.5) is 0 Å². The number of aromatic nitrogens is 1. The van der Waals surface area contributed by atoms with Gasteiger partial charge in [0.25, 0.3) is 0 Å². The van der Waals surface area contributed by atoms with Gasteiger partial charge in [-0.2, -0.15) is 0 Å². The van der Waals surface area contributed by atoms with Crippen LogP contribution in [0.25, 0.3) is 10.9 Å². The van der Waals surface area contributed by atoms with Gasteiger partial charge in [-0.25, -0.2) is 0 Å². The standard InChI is InChI=1S/C14H16N2O2/c1-2-6-15-14(18)9-16-7-5-12-4-3-11(10-17)8-13(12)16/h3-5,7-8,10H,2,6,9H2,1H3,(H,15,18). The maximum Gasteiger partial charge on any atom is 0.239 e. The molecule has 4 heteroatoms. The van der Waals surface area contributed by atoms with E-state index in [1.54, 1.807) is 12.1 Å². The average Bonchev–Trinajstić information content (AvgIpc) is 2.78. The van der Waals surface area contributed by atoms with Crippen molar-refractivity contribution >= 4 is 23.1 Å². The summed E-state index contributed by atoms with van der Waals surface area (Å²) in [6, 6.07) is 7.41. The normalized spacial score (nSPS) is 10.5. The summed E-state index contributed by atoms with van der Waals surface area (Å²) in [5.74, 6) is -0.00847. The molecule has 0 bridgehead atoms. The molecule has 0 aliphatic heterocycles. The molecule has 2 rings (SSSR count). The van der Waals surface area contributed by atoms with Crippen LogP contribution in [0, 0.1) is 0 Å². The summed E-state index contributed by atoms with van der Waals surface area (Å²) in [6.07, 6.45) is 3.60. The molecule has 1 N–H and O–H groups in total. The summed E-state index contributed by atoms with van der Waals surface area (Å²) in [4.78, 5) is 22.4. The van der Waals surface area contributed by atoms with Crippen LogP contribution in [0.15, 0.2) is 30.5 Å². The number of amides is 1. The van der Waals surface area contributed by atoms with E-state index in [2.05, 4.69) is 5.32 Å². The average molecular weight is 244 g/mol. The van der Waals surface area contributed by atoms with E-state index in [4.69, 9.17) is 0 Å². The van der Waals surface area contributed by atoms with Crippen LogP contribution in [0.1, 0.15) is 23.7 Å². The summed E-state index contributed by atoms with van der Waals surface area (Å²) in [6.45, 7) is 2.99. The molecule has 0 spiro atoms. The van der Waals surface area contributed by atoms with Gasteiger partial charge < -0.3 is 9.88 Å². The smallest absolute Gasteiger partial charge is 0.239 e. The molecule has 0 aliphatic rings. The number of nitrogens with zero attached hydrogens (tertiary/aromatic N) is 1. The number of rotatable bonds is 5.